The van der Waals surface area contributed by atoms with Crippen LogP contribution in [0.5, 0.6) is 0 Å². The van der Waals surface area contributed by atoms with Gasteiger partial charge in [-0.15, -0.1) is 11.3 Å². The molecule has 0 aliphatic rings. The summed E-state index contributed by atoms with van der Waals surface area (Å²) >= 11 is 8.17. The van der Waals surface area contributed by atoms with E-state index in [1.807, 2.05) is 18.7 Å². The Morgan fingerprint density at radius 1 is 1.47 bits per heavy atom. The molecule has 0 aliphatic carbocycles. The van der Waals surface area contributed by atoms with E-state index in [0.29, 0.717) is 6.04 Å². The lowest BCUT2D eigenvalue weighted by Crippen LogP contribution is -2.30. The summed E-state index contributed by atoms with van der Waals surface area (Å²) in [5, 5.41) is 10.8. The van der Waals surface area contributed by atoms with Gasteiger partial charge >= 0.3 is 0 Å². The quantitative estimate of drug-likeness (QED) is 0.886. The molecule has 2 heterocycles. The number of aryl methyl sites for hydroxylation is 2. The molecule has 0 bridgehead atoms. The fraction of sp³-hybridized carbons (Fsp3) is 0.500. The van der Waals surface area contributed by atoms with E-state index >= 15 is 0 Å². The third kappa shape index (κ3) is 3.38. The zero-order valence-corrected chi connectivity index (χ0v) is 13.2. The van der Waals surface area contributed by atoms with Crippen LogP contribution in [-0.2, 0) is 19.4 Å². The molecule has 1 N–H and O–H groups in total. The zero-order valence-electron chi connectivity index (χ0n) is 11.6. The van der Waals surface area contributed by atoms with Gasteiger partial charge in [0.1, 0.15) is 0 Å². The Morgan fingerprint density at radius 3 is 2.84 bits per heavy atom. The minimum absolute atomic E-state index is 0.387. The van der Waals surface area contributed by atoms with Gasteiger partial charge in [0, 0.05) is 23.9 Å². The summed E-state index contributed by atoms with van der Waals surface area (Å²) in [7, 11) is 2.01. The van der Waals surface area contributed by atoms with Crippen molar-refractivity contribution >= 4 is 22.9 Å². The van der Waals surface area contributed by atoms with Crippen LogP contribution in [0.1, 0.15) is 23.2 Å². The summed E-state index contributed by atoms with van der Waals surface area (Å²) < 4.78 is 2.01. The molecule has 0 saturated carbocycles. The van der Waals surface area contributed by atoms with Crippen LogP contribution >= 0.6 is 22.9 Å². The molecule has 0 fully saturated rings. The molecule has 1 atom stereocenters. The summed E-state index contributed by atoms with van der Waals surface area (Å²) in [6, 6.07) is 4.66. The average molecular weight is 298 g/mol. The molecule has 1 unspecified atom stereocenters. The maximum absolute atomic E-state index is 6.37. The van der Waals surface area contributed by atoms with Gasteiger partial charge in [0.2, 0.25) is 0 Å². The Kier molecular flexibility index (Phi) is 5.02. The predicted molar refractivity (Wildman–Crippen MR) is 82.2 cm³/mol. The molecule has 0 saturated heterocycles. The number of thiophene rings is 1. The highest BCUT2D eigenvalue weighted by atomic mass is 35.5. The molecule has 2 aromatic heterocycles. The van der Waals surface area contributed by atoms with E-state index in [-0.39, 0.29) is 0 Å². The van der Waals surface area contributed by atoms with Crippen molar-refractivity contribution in [1.29, 1.82) is 0 Å². The molecular weight excluding hydrogens is 278 g/mol. The molecule has 2 aromatic rings. The van der Waals surface area contributed by atoms with Gasteiger partial charge < -0.3 is 5.32 Å². The molecular formula is C14H20ClN3S. The van der Waals surface area contributed by atoms with Crippen LogP contribution in [0.2, 0.25) is 5.02 Å². The van der Waals surface area contributed by atoms with Crippen molar-refractivity contribution in [2.24, 2.45) is 0 Å². The van der Waals surface area contributed by atoms with Gasteiger partial charge in [0.15, 0.2) is 0 Å². The molecule has 0 aliphatic heterocycles. The van der Waals surface area contributed by atoms with E-state index in [0.717, 1.165) is 35.8 Å². The van der Waals surface area contributed by atoms with Crippen molar-refractivity contribution in [2.75, 3.05) is 7.05 Å². The monoisotopic (exact) mass is 297 g/mol. The number of rotatable bonds is 6. The molecule has 0 aromatic carbocycles. The van der Waals surface area contributed by atoms with Crippen LogP contribution in [0.4, 0.5) is 0 Å². The standard InChI is InChI=1S/C14H20ClN3S/c1-4-18-13(14(15)10(2)17-18)9-11(16-3)8-12-6-5-7-19-12/h5-7,11,16H,4,8-9H2,1-3H3. The van der Waals surface area contributed by atoms with Crippen LogP contribution in [0.15, 0.2) is 17.5 Å². The van der Waals surface area contributed by atoms with E-state index in [9.17, 15) is 0 Å². The number of hydrogen-bond acceptors (Lipinski definition) is 3. The van der Waals surface area contributed by atoms with Crippen molar-refractivity contribution in [3.05, 3.63) is 38.8 Å². The van der Waals surface area contributed by atoms with Crippen LogP contribution in [0.3, 0.4) is 0 Å². The second-order valence-electron chi connectivity index (χ2n) is 4.64. The first-order valence-electron chi connectivity index (χ1n) is 6.57. The second kappa shape index (κ2) is 6.55. The topological polar surface area (TPSA) is 29.9 Å². The van der Waals surface area contributed by atoms with Crippen LogP contribution in [-0.4, -0.2) is 22.9 Å². The van der Waals surface area contributed by atoms with Gasteiger partial charge in [-0.1, -0.05) is 17.7 Å². The minimum Gasteiger partial charge on any atom is -0.316 e. The Labute approximate surface area is 123 Å². The molecule has 0 spiro atoms. The number of hydrogen-bond donors (Lipinski definition) is 1. The molecule has 2 rings (SSSR count). The van der Waals surface area contributed by atoms with Crippen molar-refractivity contribution in [3.8, 4) is 0 Å². The highest BCUT2D eigenvalue weighted by molar-refractivity contribution is 7.09. The van der Waals surface area contributed by atoms with Gasteiger partial charge in [-0.3, -0.25) is 4.68 Å². The average Bonchev–Trinajstić information content (AvgIpc) is 3.01. The molecule has 5 heteroatoms. The lowest BCUT2D eigenvalue weighted by Gasteiger charge is -2.16. The minimum atomic E-state index is 0.387. The normalized spacial score (nSPS) is 12.8. The molecule has 0 amide bonds. The number of nitrogens with zero attached hydrogens (tertiary/aromatic N) is 2. The van der Waals surface area contributed by atoms with E-state index < -0.39 is 0 Å². The number of nitrogens with one attached hydrogen (secondary N) is 1. The van der Waals surface area contributed by atoms with Gasteiger partial charge in [0.05, 0.1) is 16.4 Å². The zero-order chi connectivity index (χ0) is 13.8. The molecule has 19 heavy (non-hydrogen) atoms. The van der Waals surface area contributed by atoms with Gasteiger partial charge in [0.25, 0.3) is 0 Å². The fourth-order valence-corrected chi connectivity index (χ4v) is 3.24. The molecule has 0 radical (unpaired) electrons. The fourth-order valence-electron chi connectivity index (χ4n) is 2.25. The third-order valence-electron chi connectivity index (χ3n) is 3.33. The summed E-state index contributed by atoms with van der Waals surface area (Å²) in [5.41, 5.74) is 2.06. The SMILES string of the molecule is CCn1nc(C)c(Cl)c1CC(Cc1cccs1)NC. The Hall–Kier alpha value is -0.840. The van der Waals surface area contributed by atoms with Gasteiger partial charge in [-0.25, -0.2) is 0 Å². The van der Waals surface area contributed by atoms with Crippen LogP contribution in [0.25, 0.3) is 0 Å². The van der Waals surface area contributed by atoms with Gasteiger partial charge in [-0.2, -0.15) is 5.10 Å². The summed E-state index contributed by atoms with van der Waals surface area (Å²) in [4.78, 5) is 1.40. The predicted octanol–water partition coefficient (Wildman–Crippen LogP) is 3.30. The Balaban J connectivity index is 2.14. The van der Waals surface area contributed by atoms with Crippen molar-refractivity contribution in [3.63, 3.8) is 0 Å². The lowest BCUT2D eigenvalue weighted by molar-refractivity contribution is 0.522. The van der Waals surface area contributed by atoms with Crippen molar-refractivity contribution in [1.82, 2.24) is 15.1 Å². The van der Waals surface area contributed by atoms with E-state index in [1.54, 1.807) is 11.3 Å². The summed E-state index contributed by atoms with van der Waals surface area (Å²) in [6.07, 6.45) is 1.93. The van der Waals surface area contributed by atoms with Crippen molar-refractivity contribution in [2.45, 2.75) is 39.3 Å². The third-order valence-corrected chi connectivity index (χ3v) is 4.72. The van der Waals surface area contributed by atoms with Crippen LogP contribution in [0, 0.1) is 6.92 Å². The Bertz CT molecular complexity index is 519. The Morgan fingerprint density at radius 2 is 2.26 bits per heavy atom. The highest BCUT2D eigenvalue weighted by Crippen LogP contribution is 2.23. The number of aromatic nitrogens is 2. The number of likely N-dealkylation sites (N-methyl/N-ethyl adjacent to an activating group) is 1. The number of halogens is 1. The van der Waals surface area contributed by atoms with Crippen LogP contribution < -0.4 is 5.32 Å². The van der Waals surface area contributed by atoms with E-state index in [1.165, 1.54) is 4.88 Å². The first-order chi connectivity index (χ1) is 9.15. The molecule has 104 valence electrons. The first-order valence-corrected chi connectivity index (χ1v) is 7.82. The molecule has 3 nitrogen and oxygen atoms in total. The highest BCUT2D eigenvalue weighted by Gasteiger charge is 2.17. The second-order valence-corrected chi connectivity index (χ2v) is 6.05. The summed E-state index contributed by atoms with van der Waals surface area (Å²) in [5.74, 6) is 0. The van der Waals surface area contributed by atoms with E-state index in [4.69, 9.17) is 11.6 Å². The van der Waals surface area contributed by atoms with Gasteiger partial charge in [-0.05, 0) is 38.8 Å². The lowest BCUT2D eigenvalue weighted by atomic mass is 10.1. The maximum atomic E-state index is 6.37. The largest absolute Gasteiger partial charge is 0.316 e. The van der Waals surface area contributed by atoms with E-state index in [2.05, 4.69) is 34.9 Å². The van der Waals surface area contributed by atoms with Crippen molar-refractivity contribution < 1.29 is 0 Å². The first kappa shape index (κ1) is 14.6. The summed E-state index contributed by atoms with van der Waals surface area (Å²) in [6.45, 7) is 4.92. The smallest absolute Gasteiger partial charge is 0.0847 e. The maximum Gasteiger partial charge on any atom is 0.0847 e.